The van der Waals surface area contributed by atoms with Gasteiger partial charge in [0.1, 0.15) is 28.7 Å². The molecular formula is C40H47F3N6O4. The number of aliphatic hydroxyl groups excluding tert-OH is 1. The number of hydrogen-bond donors (Lipinski definition) is 3. The van der Waals surface area contributed by atoms with Gasteiger partial charge < -0.3 is 24.5 Å². The zero-order valence-electron chi connectivity index (χ0n) is 30.1. The number of fused-ring (bicyclic) bond motifs is 1. The van der Waals surface area contributed by atoms with Gasteiger partial charge in [0.05, 0.1) is 23.3 Å². The van der Waals surface area contributed by atoms with Gasteiger partial charge in [-0.05, 0) is 113 Å². The Morgan fingerprint density at radius 2 is 1.74 bits per heavy atom. The van der Waals surface area contributed by atoms with Crippen molar-refractivity contribution < 1.29 is 32.6 Å². The van der Waals surface area contributed by atoms with Crippen LogP contribution < -0.4 is 15.4 Å². The molecule has 282 valence electrons. The third kappa shape index (κ3) is 8.51. The van der Waals surface area contributed by atoms with Crippen molar-refractivity contribution in [2.75, 3.05) is 25.0 Å². The Labute approximate surface area is 307 Å². The topological polar surface area (TPSA) is 121 Å². The highest BCUT2D eigenvalue weighted by Gasteiger charge is 2.31. The third-order valence-corrected chi connectivity index (χ3v) is 11.0. The summed E-state index contributed by atoms with van der Waals surface area (Å²) in [6.45, 7) is 6.65. The number of hydrogen-bond acceptors (Lipinski definition) is 8. The van der Waals surface area contributed by atoms with Crippen molar-refractivity contribution in [3.05, 3.63) is 88.8 Å². The van der Waals surface area contributed by atoms with Crippen LogP contribution in [0.4, 0.5) is 19.0 Å². The number of imidazole rings is 1. The number of ether oxygens (including phenoxy) is 1. The third-order valence-electron chi connectivity index (χ3n) is 11.0. The molecule has 2 unspecified atom stereocenters. The van der Waals surface area contributed by atoms with Crippen LogP contribution in [0.3, 0.4) is 0 Å². The van der Waals surface area contributed by atoms with Crippen LogP contribution in [0.1, 0.15) is 124 Å². The molecule has 1 aliphatic carbocycles. The molecule has 0 spiro atoms. The van der Waals surface area contributed by atoms with Crippen molar-refractivity contribution in [2.24, 2.45) is 5.92 Å². The molecule has 2 amide bonds. The van der Waals surface area contributed by atoms with E-state index >= 15 is 4.39 Å². The van der Waals surface area contributed by atoms with Crippen LogP contribution in [0.5, 0.6) is 5.75 Å². The van der Waals surface area contributed by atoms with E-state index in [0.717, 1.165) is 63.9 Å². The average Bonchev–Trinajstić information content (AvgIpc) is 3.55. The maximum Gasteiger partial charge on any atom is 0.280 e. The molecular weight excluding hydrogens is 685 g/mol. The number of carbonyl (C=O) groups is 2. The fourth-order valence-corrected chi connectivity index (χ4v) is 8.22. The number of aliphatic hydroxyl groups is 1. The van der Waals surface area contributed by atoms with Gasteiger partial charge in [-0.25, -0.2) is 23.1 Å². The number of amides is 2. The quantitative estimate of drug-likeness (QED) is 0.108. The summed E-state index contributed by atoms with van der Waals surface area (Å²) in [5.41, 5.74) is 3.11. The number of alkyl halides is 2. The van der Waals surface area contributed by atoms with E-state index in [2.05, 4.69) is 20.5 Å². The Bertz CT molecular complexity index is 1940. The first-order chi connectivity index (χ1) is 25.5. The number of imide groups is 1. The van der Waals surface area contributed by atoms with Gasteiger partial charge in [-0.2, -0.15) is 0 Å². The van der Waals surface area contributed by atoms with E-state index in [0.29, 0.717) is 46.3 Å². The first-order valence-corrected chi connectivity index (χ1v) is 18.7. The first-order valence-electron chi connectivity index (χ1n) is 18.7. The molecule has 0 bridgehead atoms. The van der Waals surface area contributed by atoms with Crippen molar-refractivity contribution in [3.8, 4) is 5.75 Å². The van der Waals surface area contributed by atoms with Crippen molar-refractivity contribution in [1.29, 1.82) is 0 Å². The summed E-state index contributed by atoms with van der Waals surface area (Å²) < 4.78 is 49.6. The Morgan fingerprint density at radius 3 is 2.43 bits per heavy atom. The molecule has 2 atom stereocenters. The van der Waals surface area contributed by atoms with Gasteiger partial charge in [0, 0.05) is 37.3 Å². The fraction of sp³-hybridized carbons (Fsp3) is 0.500. The van der Waals surface area contributed by atoms with E-state index in [4.69, 9.17) is 9.72 Å². The monoisotopic (exact) mass is 732 g/mol. The summed E-state index contributed by atoms with van der Waals surface area (Å²) in [4.78, 5) is 35.2. The smallest absolute Gasteiger partial charge is 0.280 e. The highest BCUT2D eigenvalue weighted by atomic mass is 19.3. The van der Waals surface area contributed by atoms with Crippen LogP contribution in [-0.4, -0.2) is 61.9 Å². The normalized spacial score (nSPS) is 22.4. The second kappa shape index (κ2) is 15.9. The van der Waals surface area contributed by atoms with Gasteiger partial charge in [-0.1, -0.05) is 18.2 Å². The van der Waals surface area contributed by atoms with E-state index in [-0.39, 0.29) is 47.6 Å². The first kappa shape index (κ1) is 36.9. The molecule has 3 N–H and O–H groups in total. The lowest BCUT2D eigenvalue weighted by molar-refractivity contribution is -0.134. The van der Waals surface area contributed by atoms with Crippen LogP contribution in [-0.2, 0) is 9.59 Å². The molecule has 3 aliphatic rings. The molecule has 13 heteroatoms. The lowest BCUT2D eigenvalue weighted by Crippen LogP contribution is -2.39. The van der Waals surface area contributed by atoms with E-state index in [1.165, 1.54) is 24.3 Å². The molecule has 2 aliphatic heterocycles. The molecule has 5 heterocycles. The second-order valence-electron chi connectivity index (χ2n) is 15.1. The predicted molar refractivity (Wildman–Crippen MR) is 193 cm³/mol. The van der Waals surface area contributed by atoms with Gasteiger partial charge >= 0.3 is 0 Å². The number of nitrogens with one attached hydrogen (secondary N) is 2. The molecule has 3 aromatic heterocycles. The van der Waals surface area contributed by atoms with E-state index in [1.54, 1.807) is 12.3 Å². The number of halogens is 3. The highest BCUT2D eigenvalue weighted by molar-refractivity contribution is 6.00. The van der Waals surface area contributed by atoms with Crippen LogP contribution in [0.2, 0.25) is 0 Å². The van der Waals surface area contributed by atoms with Gasteiger partial charge in [0.15, 0.2) is 6.23 Å². The van der Waals surface area contributed by atoms with Gasteiger partial charge in [-0.15, -0.1) is 0 Å². The summed E-state index contributed by atoms with van der Waals surface area (Å²) in [5.74, 6) is 0.246. The largest absolute Gasteiger partial charge is 0.490 e. The maximum absolute atomic E-state index is 15.3. The number of piperidine rings is 2. The molecule has 2 saturated heterocycles. The summed E-state index contributed by atoms with van der Waals surface area (Å²) >= 11 is 0. The van der Waals surface area contributed by atoms with Crippen molar-refractivity contribution in [2.45, 2.75) is 102 Å². The van der Waals surface area contributed by atoms with Crippen LogP contribution >= 0.6 is 0 Å². The van der Waals surface area contributed by atoms with Gasteiger partial charge in [0.25, 0.3) is 6.43 Å². The Kier molecular flexibility index (Phi) is 11.0. The average molecular weight is 733 g/mol. The molecule has 7 rings (SSSR count). The van der Waals surface area contributed by atoms with Gasteiger partial charge in [0.2, 0.25) is 11.8 Å². The van der Waals surface area contributed by atoms with E-state index < -0.39 is 18.6 Å². The number of pyridine rings is 2. The predicted octanol–water partition coefficient (Wildman–Crippen LogP) is 7.37. The maximum atomic E-state index is 15.3. The Balaban J connectivity index is 0.934. The van der Waals surface area contributed by atoms with Crippen LogP contribution in [0, 0.1) is 11.7 Å². The lowest BCUT2D eigenvalue weighted by atomic mass is 9.80. The minimum Gasteiger partial charge on any atom is -0.490 e. The standard InChI is InChI=1S/C40H47F3N6O4/c1-23(2)53-34-19-36-45-33(22-49(36)21-30(34)40(52)46-35-5-3-4-32(44-35)38(42)43)26-8-6-24(7-9-26)20-48-16-14-25(15-17-48)28-11-10-27(18-31(28)41)29-12-13-37(50)47-39(29)51/h3-5,10-11,18-19,21-26,29,38,40,52H,6-9,12-17,20H2,1-2H3,(H,44,46)(H,47,50,51)/t24-,26-,29?,40?. The van der Waals surface area contributed by atoms with Gasteiger partial charge in [-0.3, -0.25) is 14.9 Å². The Hall–Kier alpha value is -4.49. The number of benzene rings is 1. The summed E-state index contributed by atoms with van der Waals surface area (Å²) in [5, 5.41) is 16.3. The number of aromatic nitrogens is 3. The molecule has 1 saturated carbocycles. The Morgan fingerprint density at radius 1 is 0.962 bits per heavy atom. The van der Waals surface area contributed by atoms with Crippen molar-refractivity contribution >= 4 is 23.3 Å². The number of carbonyl (C=O) groups excluding carboxylic acids is 2. The number of likely N-dealkylation sites (tertiary alicyclic amines) is 1. The summed E-state index contributed by atoms with van der Waals surface area (Å²) in [6, 6.07) is 11.2. The second-order valence-corrected chi connectivity index (χ2v) is 15.1. The van der Waals surface area contributed by atoms with E-state index in [1.807, 2.05) is 36.6 Å². The minimum atomic E-state index is -2.72. The minimum absolute atomic E-state index is 0.130. The number of anilines is 1. The number of rotatable bonds is 11. The fourth-order valence-electron chi connectivity index (χ4n) is 8.22. The zero-order valence-corrected chi connectivity index (χ0v) is 30.1. The van der Waals surface area contributed by atoms with Crippen molar-refractivity contribution in [1.82, 2.24) is 24.6 Å². The summed E-state index contributed by atoms with van der Waals surface area (Å²) in [7, 11) is 0. The molecule has 1 aromatic carbocycles. The molecule has 0 radical (unpaired) electrons. The summed E-state index contributed by atoms with van der Waals surface area (Å²) in [6.07, 6.45) is 6.31. The van der Waals surface area contributed by atoms with Crippen LogP contribution in [0.15, 0.2) is 54.9 Å². The van der Waals surface area contributed by atoms with E-state index in [9.17, 15) is 23.5 Å². The zero-order chi connectivity index (χ0) is 37.2. The SMILES string of the molecule is CC(C)Oc1cc2nc([C@H]3CC[C@H](CN4CCC(c5ccc(C6CCC(=O)NC6=O)cc5F)CC4)CC3)cn2cc1C(O)Nc1cccc(C(F)F)n1. The van der Waals surface area contributed by atoms with Crippen LogP contribution in [0.25, 0.3) is 5.65 Å². The highest BCUT2D eigenvalue weighted by Crippen LogP contribution is 2.39. The molecule has 4 aromatic rings. The number of nitrogens with zero attached hydrogens (tertiary/aromatic N) is 4. The molecule has 53 heavy (non-hydrogen) atoms. The molecule has 10 nitrogen and oxygen atoms in total. The van der Waals surface area contributed by atoms with Crippen molar-refractivity contribution in [3.63, 3.8) is 0 Å². The molecule has 3 fully saturated rings. The lowest BCUT2D eigenvalue weighted by Gasteiger charge is -2.36.